The maximum absolute atomic E-state index is 12.1. The van der Waals surface area contributed by atoms with Crippen LogP contribution in [-0.2, 0) is 12.0 Å². The number of anilines is 1. The molecule has 0 aromatic heterocycles. The summed E-state index contributed by atoms with van der Waals surface area (Å²) in [4.78, 5) is 12.1. The number of carbonyl (C=O) groups excluding carboxylic acids is 1. The minimum Gasteiger partial charge on any atom is -0.334 e. The second-order valence-corrected chi connectivity index (χ2v) is 6.59. The van der Waals surface area contributed by atoms with Crippen LogP contribution in [0.4, 0.5) is 10.5 Å². The number of amides is 2. The van der Waals surface area contributed by atoms with Crippen molar-refractivity contribution in [3.05, 3.63) is 65.2 Å². The summed E-state index contributed by atoms with van der Waals surface area (Å²) in [6.07, 6.45) is 0. The SMILES string of the molecule is Cc1cccc(CNC(=O)Nc2ccccc2C(C)(C)C)c1. The standard InChI is InChI=1S/C19H24N2O/c1-14-8-7-9-15(12-14)13-20-18(22)21-17-11-6-5-10-16(17)19(2,3)4/h5-12H,13H2,1-4H3,(H2,20,21,22). The first-order valence-corrected chi connectivity index (χ1v) is 7.56. The van der Waals surface area contributed by atoms with Gasteiger partial charge < -0.3 is 10.6 Å². The number of hydrogen-bond acceptors (Lipinski definition) is 1. The summed E-state index contributed by atoms with van der Waals surface area (Å²) in [5.41, 5.74) is 4.26. The van der Waals surface area contributed by atoms with E-state index in [1.807, 2.05) is 43.3 Å². The molecule has 0 atom stereocenters. The molecule has 3 nitrogen and oxygen atoms in total. The van der Waals surface area contributed by atoms with E-state index in [1.165, 1.54) is 5.56 Å². The quantitative estimate of drug-likeness (QED) is 0.853. The summed E-state index contributed by atoms with van der Waals surface area (Å²) in [6, 6.07) is 15.9. The Kier molecular flexibility index (Phi) is 4.86. The lowest BCUT2D eigenvalue weighted by molar-refractivity contribution is 0.251. The van der Waals surface area contributed by atoms with E-state index in [2.05, 4.69) is 43.5 Å². The second-order valence-electron chi connectivity index (χ2n) is 6.59. The minimum absolute atomic E-state index is 0.0135. The van der Waals surface area contributed by atoms with Gasteiger partial charge in [0.05, 0.1) is 0 Å². The van der Waals surface area contributed by atoms with Gasteiger partial charge in [-0.15, -0.1) is 0 Å². The van der Waals surface area contributed by atoms with E-state index in [9.17, 15) is 4.79 Å². The fourth-order valence-corrected chi connectivity index (χ4v) is 2.42. The number of aryl methyl sites for hydroxylation is 1. The normalized spacial score (nSPS) is 11.1. The predicted molar refractivity (Wildman–Crippen MR) is 92.2 cm³/mol. The molecular weight excluding hydrogens is 272 g/mol. The molecular formula is C19H24N2O. The third-order valence-electron chi connectivity index (χ3n) is 3.52. The van der Waals surface area contributed by atoms with E-state index in [-0.39, 0.29) is 11.4 Å². The van der Waals surface area contributed by atoms with Crippen LogP contribution in [0.25, 0.3) is 0 Å². The average molecular weight is 296 g/mol. The highest BCUT2D eigenvalue weighted by Crippen LogP contribution is 2.29. The van der Waals surface area contributed by atoms with Crippen LogP contribution in [0.3, 0.4) is 0 Å². The Hall–Kier alpha value is -2.29. The van der Waals surface area contributed by atoms with Gasteiger partial charge in [0.15, 0.2) is 0 Å². The van der Waals surface area contributed by atoms with Crippen LogP contribution in [0.1, 0.15) is 37.5 Å². The van der Waals surface area contributed by atoms with Gasteiger partial charge in [-0.25, -0.2) is 4.79 Å². The molecule has 0 fully saturated rings. The molecule has 0 saturated heterocycles. The third-order valence-corrected chi connectivity index (χ3v) is 3.52. The van der Waals surface area contributed by atoms with Gasteiger partial charge in [-0.05, 0) is 29.5 Å². The summed E-state index contributed by atoms with van der Waals surface area (Å²) >= 11 is 0. The Morgan fingerprint density at radius 1 is 1.05 bits per heavy atom. The molecule has 2 N–H and O–H groups in total. The number of rotatable bonds is 3. The van der Waals surface area contributed by atoms with Crippen LogP contribution in [0, 0.1) is 6.92 Å². The largest absolute Gasteiger partial charge is 0.334 e. The Bertz CT molecular complexity index is 656. The van der Waals surface area contributed by atoms with E-state index in [0.717, 1.165) is 16.8 Å². The molecule has 0 unspecified atom stereocenters. The van der Waals surface area contributed by atoms with E-state index >= 15 is 0 Å². The maximum Gasteiger partial charge on any atom is 0.319 e. The first-order chi connectivity index (χ1) is 10.4. The third kappa shape index (κ3) is 4.35. The van der Waals surface area contributed by atoms with Crippen molar-refractivity contribution in [2.75, 3.05) is 5.32 Å². The van der Waals surface area contributed by atoms with Crippen LogP contribution in [0.5, 0.6) is 0 Å². The van der Waals surface area contributed by atoms with Crippen molar-refractivity contribution < 1.29 is 4.79 Å². The van der Waals surface area contributed by atoms with Gasteiger partial charge in [0.2, 0.25) is 0 Å². The lowest BCUT2D eigenvalue weighted by atomic mass is 9.86. The van der Waals surface area contributed by atoms with Crippen LogP contribution in [0.15, 0.2) is 48.5 Å². The fourth-order valence-electron chi connectivity index (χ4n) is 2.42. The van der Waals surface area contributed by atoms with Gasteiger partial charge in [-0.2, -0.15) is 0 Å². The highest BCUT2D eigenvalue weighted by molar-refractivity contribution is 5.90. The molecule has 116 valence electrons. The van der Waals surface area contributed by atoms with Crippen molar-refractivity contribution in [2.24, 2.45) is 0 Å². The highest BCUT2D eigenvalue weighted by Gasteiger charge is 2.18. The highest BCUT2D eigenvalue weighted by atomic mass is 16.2. The zero-order valence-electron chi connectivity index (χ0n) is 13.7. The van der Waals surface area contributed by atoms with E-state index < -0.39 is 0 Å². The molecule has 2 amide bonds. The second kappa shape index (κ2) is 6.65. The smallest absolute Gasteiger partial charge is 0.319 e. The molecule has 0 bridgehead atoms. The molecule has 2 rings (SSSR count). The minimum atomic E-state index is -0.182. The summed E-state index contributed by atoms with van der Waals surface area (Å²) < 4.78 is 0. The van der Waals surface area contributed by atoms with Crippen molar-refractivity contribution >= 4 is 11.7 Å². The van der Waals surface area contributed by atoms with Gasteiger partial charge in [-0.1, -0.05) is 68.8 Å². The molecule has 22 heavy (non-hydrogen) atoms. The Morgan fingerprint density at radius 2 is 1.77 bits per heavy atom. The lowest BCUT2D eigenvalue weighted by Crippen LogP contribution is -2.29. The van der Waals surface area contributed by atoms with Crippen molar-refractivity contribution in [3.8, 4) is 0 Å². The summed E-state index contributed by atoms with van der Waals surface area (Å²) in [6.45, 7) is 8.98. The molecule has 2 aromatic carbocycles. The molecule has 0 aliphatic rings. The topological polar surface area (TPSA) is 41.1 Å². The Labute approximate surface area is 132 Å². The van der Waals surface area contributed by atoms with E-state index in [0.29, 0.717) is 6.54 Å². The average Bonchev–Trinajstić information content (AvgIpc) is 2.45. The molecule has 0 aliphatic carbocycles. The number of hydrogen-bond donors (Lipinski definition) is 2. The molecule has 2 aromatic rings. The Balaban J connectivity index is 2.01. The summed E-state index contributed by atoms with van der Waals surface area (Å²) in [7, 11) is 0. The number of para-hydroxylation sites is 1. The number of carbonyl (C=O) groups is 1. The van der Waals surface area contributed by atoms with Crippen LogP contribution >= 0.6 is 0 Å². The molecule has 0 spiro atoms. The van der Waals surface area contributed by atoms with E-state index in [4.69, 9.17) is 0 Å². The first kappa shape index (κ1) is 16.1. The zero-order chi connectivity index (χ0) is 16.2. The molecule has 0 heterocycles. The molecule has 0 radical (unpaired) electrons. The zero-order valence-corrected chi connectivity index (χ0v) is 13.7. The number of nitrogens with one attached hydrogen (secondary N) is 2. The van der Waals surface area contributed by atoms with Crippen LogP contribution in [-0.4, -0.2) is 6.03 Å². The maximum atomic E-state index is 12.1. The first-order valence-electron chi connectivity index (χ1n) is 7.56. The van der Waals surface area contributed by atoms with Gasteiger partial charge in [0, 0.05) is 12.2 Å². The Morgan fingerprint density at radius 3 is 2.45 bits per heavy atom. The molecule has 0 aliphatic heterocycles. The van der Waals surface area contributed by atoms with Crippen molar-refractivity contribution in [1.29, 1.82) is 0 Å². The summed E-state index contributed by atoms with van der Waals surface area (Å²) in [5.74, 6) is 0. The van der Waals surface area contributed by atoms with Gasteiger partial charge >= 0.3 is 6.03 Å². The van der Waals surface area contributed by atoms with Crippen LogP contribution < -0.4 is 10.6 Å². The number of urea groups is 1. The van der Waals surface area contributed by atoms with Gasteiger partial charge in [-0.3, -0.25) is 0 Å². The lowest BCUT2D eigenvalue weighted by Gasteiger charge is -2.23. The molecule has 0 saturated carbocycles. The van der Waals surface area contributed by atoms with Crippen molar-refractivity contribution in [1.82, 2.24) is 5.32 Å². The monoisotopic (exact) mass is 296 g/mol. The van der Waals surface area contributed by atoms with Gasteiger partial charge in [0.1, 0.15) is 0 Å². The summed E-state index contributed by atoms with van der Waals surface area (Å²) in [5, 5.41) is 5.86. The van der Waals surface area contributed by atoms with Gasteiger partial charge in [0.25, 0.3) is 0 Å². The van der Waals surface area contributed by atoms with Crippen molar-refractivity contribution in [2.45, 2.75) is 39.7 Å². The number of benzene rings is 2. The van der Waals surface area contributed by atoms with Crippen molar-refractivity contribution in [3.63, 3.8) is 0 Å². The fraction of sp³-hybridized carbons (Fsp3) is 0.316. The predicted octanol–water partition coefficient (Wildman–Crippen LogP) is 4.61. The molecule has 3 heteroatoms. The van der Waals surface area contributed by atoms with E-state index in [1.54, 1.807) is 0 Å². The van der Waals surface area contributed by atoms with Crippen LogP contribution in [0.2, 0.25) is 0 Å².